The molecule has 0 bridgehead atoms. The van der Waals surface area contributed by atoms with Crippen molar-refractivity contribution in [3.63, 3.8) is 0 Å². The van der Waals surface area contributed by atoms with Crippen LogP contribution in [0, 0.1) is 12.3 Å². The van der Waals surface area contributed by atoms with E-state index in [4.69, 9.17) is 6.42 Å². The maximum Gasteiger partial charge on any atom is 0.211 e. The summed E-state index contributed by atoms with van der Waals surface area (Å²) < 4.78 is 14.9. The molecule has 42 valence electrons. The molecular weight excluding hydrogens is 124 g/mol. The highest BCUT2D eigenvalue weighted by atomic mass is 32.2. The van der Waals surface area contributed by atoms with Gasteiger partial charge in [0.2, 0.25) is 11.1 Å². The van der Waals surface area contributed by atoms with Gasteiger partial charge in [0, 0.05) is 0 Å². The van der Waals surface area contributed by atoms with Crippen molar-refractivity contribution in [2.75, 3.05) is 5.75 Å². The van der Waals surface area contributed by atoms with E-state index < -0.39 is 11.1 Å². The summed E-state index contributed by atoms with van der Waals surface area (Å²) in [6.45, 7) is 0. The first-order valence-corrected chi connectivity index (χ1v) is 3.28. The van der Waals surface area contributed by atoms with Crippen molar-refractivity contribution in [3.05, 3.63) is 11.8 Å². The van der Waals surface area contributed by atoms with Gasteiger partial charge in [-0.2, -0.15) is 0 Å². The maximum absolute atomic E-state index is 10.4. The van der Waals surface area contributed by atoms with Crippen LogP contribution in [-0.2, 0) is 15.3 Å². The Morgan fingerprint density at radius 2 is 2.75 bits per heavy atom. The van der Waals surface area contributed by atoms with E-state index in [0.717, 1.165) is 0 Å². The van der Waals surface area contributed by atoms with Gasteiger partial charge < -0.3 is 4.18 Å². The summed E-state index contributed by atoms with van der Waals surface area (Å²) in [4.78, 5) is 0. The molecule has 8 heavy (non-hydrogen) atoms. The van der Waals surface area contributed by atoms with Crippen LogP contribution >= 0.6 is 0 Å². The van der Waals surface area contributed by atoms with E-state index in [0.29, 0.717) is 11.3 Å². The van der Waals surface area contributed by atoms with Gasteiger partial charge in [-0.3, -0.25) is 0 Å². The minimum Gasteiger partial charge on any atom is -0.407 e. The highest BCUT2D eigenvalue weighted by Crippen LogP contribution is 2.06. The van der Waals surface area contributed by atoms with Gasteiger partial charge in [-0.1, -0.05) is 5.92 Å². The molecule has 0 aromatic heterocycles. The van der Waals surface area contributed by atoms with Gasteiger partial charge in [0.15, 0.2) is 0 Å². The molecule has 1 heterocycles. The minimum atomic E-state index is -1.19. The zero-order chi connectivity index (χ0) is 5.98. The zero-order valence-corrected chi connectivity index (χ0v) is 4.90. The maximum atomic E-state index is 10.4. The SMILES string of the molecule is C#CC1=COS(=O)C1. The minimum absolute atomic E-state index is 0.372. The van der Waals surface area contributed by atoms with Crippen LogP contribution < -0.4 is 0 Å². The predicted molar refractivity (Wildman–Crippen MR) is 31.0 cm³/mol. The molecule has 0 fully saturated rings. The van der Waals surface area contributed by atoms with Crippen molar-refractivity contribution in [2.45, 2.75) is 0 Å². The summed E-state index contributed by atoms with van der Waals surface area (Å²) in [5.74, 6) is 2.71. The van der Waals surface area contributed by atoms with Crippen molar-refractivity contribution >= 4 is 11.1 Å². The fraction of sp³-hybridized carbons (Fsp3) is 0.200. The molecule has 0 saturated heterocycles. The average molecular weight is 128 g/mol. The largest absolute Gasteiger partial charge is 0.407 e. The van der Waals surface area contributed by atoms with E-state index in [-0.39, 0.29) is 0 Å². The molecular formula is C5H4O2S. The fourth-order valence-electron chi connectivity index (χ4n) is 0.382. The van der Waals surface area contributed by atoms with Crippen LogP contribution in [0.5, 0.6) is 0 Å². The second-order valence-electron chi connectivity index (χ2n) is 1.33. The Balaban J connectivity index is 2.66. The number of hydrogen-bond acceptors (Lipinski definition) is 2. The molecule has 1 unspecified atom stereocenters. The highest BCUT2D eigenvalue weighted by Gasteiger charge is 2.09. The lowest BCUT2D eigenvalue weighted by Gasteiger charge is -1.81. The molecule has 3 heteroatoms. The Morgan fingerprint density at radius 1 is 2.00 bits per heavy atom. The van der Waals surface area contributed by atoms with Gasteiger partial charge >= 0.3 is 0 Å². The van der Waals surface area contributed by atoms with Gasteiger partial charge in [-0.15, -0.1) is 6.42 Å². The quantitative estimate of drug-likeness (QED) is 0.435. The number of terminal acetylenes is 1. The van der Waals surface area contributed by atoms with E-state index in [2.05, 4.69) is 10.1 Å². The Labute approximate surface area is 50.2 Å². The Kier molecular flexibility index (Phi) is 1.36. The topological polar surface area (TPSA) is 26.3 Å². The van der Waals surface area contributed by atoms with Crippen LogP contribution in [0.4, 0.5) is 0 Å². The monoisotopic (exact) mass is 128 g/mol. The molecule has 0 radical (unpaired) electrons. The molecule has 0 saturated carbocycles. The Bertz CT molecular complexity index is 187. The first-order valence-electron chi connectivity index (χ1n) is 2.04. The lowest BCUT2D eigenvalue weighted by Crippen LogP contribution is -1.88. The lowest BCUT2D eigenvalue weighted by molar-refractivity contribution is 0.519. The smallest absolute Gasteiger partial charge is 0.211 e. The molecule has 2 nitrogen and oxygen atoms in total. The zero-order valence-electron chi connectivity index (χ0n) is 4.09. The van der Waals surface area contributed by atoms with E-state index in [1.165, 1.54) is 6.26 Å². The van der Waals surface area contributed by atoms with E-state index >= 15 is 0 Å². The van der Waals surface area contributed by atoms with Crippen molar-refractivity contribution in [2.24, 2.45) is 0 Å². The van der Waals surface area contributed by atoms with E-state index in [9.17, 15) is 4.21 Å². The Morgan fingerprint density at radius 3 is 3.00 bits per heavy atom. The number of rotatable bonds is 0. The molecule has 0 spiro atoms. The molecule has 1 aliphatic rings. The molecule has 1 aliphatic heterocycles. The molecule has 0 aromatic rings. The molecule has 0 amide bonds. The molecule has 0 aliphatic carbocycles. The molecule has 0 N–H and O–H groups in total. The summed E-state index contributed by atoms with van der Waals surface area (Å²) in [5, 5.41) is 0. The first kappa shape index (κ1) is 5.39. The van der Waals surface area contributed by atoms with Crippen molar-refractivity contribution in [1.82, 2.24) is 0 Å². The second-order valence-corrected chi connectivity index (χ2v) is 2.42. The first-order chi connectivity index (χ1) is 3.83. The van der Waals surface area contributed by atoms with Gasteiger partial charge in [0.1, 0.15) is 6.26 Å². The average Bonchev–Trinajstić information content (AvgIpc) is 2.14. The van der Waals surface area contributed by atoms with Crippen LogP contribution in [0.2, 0.25) is 0 Å². The van der Waals surface area contributed by atoms with Crippen LogP contribution in [0.25, 0.3) is 0 Å². The fourth-order valence-corrected chi connectivity index (χ4v) is 1.08. The summed E-state index contributed by atoms with van der Waals surface area (Å²) in [5.41, 5.74) is 0.670. The third kappa shape index (κ3) is 0.903. The third-order valence-electron chi connectivity index (χ3n) is 0.756. The summed E-state index contributed by atoms with van der Waals surface area (Å²) in [6, 6.07) is 0. The lowest BCUT2D eigenvalue weighted by atomic mass is 10.4. The van der Waals surface area contributed by atoms with Crippen molar-refractivity contribution in [1.29, 1.82) is 0 Å². The van der Waals surface area contributed by atoms with Crippen LogP contribution in [-0.4, -0.2) is 9.96 Å². The van der Waals surface area contributed by atoms with Crippen molar-refractivity contribution in [3.8, 4) is 12.3 Å². The summed E-state index contributed by atoms with van der Waals surface area (Å²) >= 11 is -1.19. The molecule has 0 aromatic carbocycles. The summed E-state index contributed by atoms with van der Waals surface area (Å²) in [6.07, 6.45) is 6.32. The van der Waals surface area contributed by atoms with Gasteiger partial charge in [0.25, 0.3) is 0 Å². The van der Waals surface area contributed by atoms with Gasteiger partial charge in [-0.25, -0.2) is 4.21 Å². The second kappa shape index (κ2) is 2.01. The van der Waals surface area contributed by atoms with Gasteiger partial charge in [0.05, 0.1) is 11.3 Å². The van der Waals surface area contributed by atoms with Crippen LogP contribution in [0.3, 0.4) is 0 Å². The standard InChI is InChI=1S/C5H4O2S/c1-2-5-3-7-8(6)4-5/h1,3H,4H2. The predicted octanol–water partition coefficient (Wildman–Crippen LogP) is 0.197. The van der Waals surface area contributed by atoms with Crippen molar-refractivity contribution < 1.29 is 8.39 Å². The third-order valence-corrected chi connectivity index (χ3v) is 1.61. The van der Waals surface area contributed by atoms with Crippen LogP contribution in [0.1, 0.15) is 0 Å². The summed E-state index contributed by atoms with van der Waals surface area (Å²) in [7, 11) is 0. The highest BCUT2D eigenvalue weighted by molar-refractivity contribution is 7.80. The van der Waals surface area contributed by atoms with E-state index in [1.807, 2.05) is 0 Å². The Hall–Kier alpha value is -0.750. The van der Waals surface area contributed by atoms with Crippen LogP contribution in [0.15, 0.2) is 11.8 Å². The molecule has 1 rings (SSSR count). The molecule has 1 atom stereocenters. The normalized spacial score (nSPS) is 25.9. The van der Waals surface area contributed by atoms with E-state index in [1.54, 1.807) is 0 Å². The number of hydrogen-bond donors (Lipinski definition) is 0. The van der Waals surface area contributed by atoms with Gasteiger partial charge in [-0.05, 0) is 0 Å².